The summed E-state index contributed by atoms with van der Waals surface area (Å²) < 4.78 is 11.2. The molecule has 1 aromatic rings. The average Bonchev–Trinajstić information content (AvgIpc) is 2.41. The second-order valence-corrected chi connectivity index (χ2v) is 5.25. The highest BCUT2D eigenvalue weighted by atomic mass is 35.5. The van der Waals surface area contributed by atoms with Crippen LogP contribution in [0.1, 0.15) is 18.4 Å². The molecule has 0 radical (unpaired) electrons. The first kappa shape index (κ1) is 15.2. The minimum absolute atomic E-state index is 0.0133. The van der Waals surface area contributed by atoms with Crippen molar-refractivity contribution in [1.29, 1.82) is 0 Å². The first-order valence-corrected chi connectivity index (χ1v) is 6.96. The maximum atomic E-state index is 10.6. The molecule has 1 fully saturated rings. The normalized spacial score (nSPS) is 16.5. The lowest BCUT2D eigenvalue weighted by molar-refractivity contribution is -0.131. The van der Waals surface area contributed by atoms with Gasteiger partial charge in [-0.05, 0) is 18.2 Å². The van der Waals surface area contributed by atoms with Crippen LogP contribution in [0.25, 0.3) is 6.08 Å². The molecule has 0 amide bonds. The van der Waals surface area contributed by atoms with Crippen molar-refractivity contribution < 1.29 is 19.4 Å². The monoisotopic (exact) mass is 316 g/mol. The predicted molar refractivity (Wildman–Crippen MR) is 77.6 cm³/mol. The molecule has 2 rings (SSSR count). The number of benzene rings is 1. The number of hydrogen-bond donors (Lipinski definition) is 1. The molecule has 1 N–H and O–H groups in total. The predicted octanol–water partition coefficient (Wildman–Crippen LogP) is 3.65. The van der Waals surface area contributed by atoms with E-state index < -0.39 is 5.97 Å². The van der Waals surface area contributed by atoms with Crippen LogP contribution in [-0.2, 0) is 9.53 Å². The van der Waals surface area contributed by atoms with Crippen LogP contribution in [0.5, 0.6) is 5.75 Å². The first-order chi connectivity index (χ1) is 9.56. The average molecular weight is 317 g/mol. The third-order valence-corrected chi connectivity index (χ3v) is 3.39. The van der Waals surface area contributed by atoms with E-state index in [9.17, 15) is 4.79 Å². The first-order valence-electron chi connectivity index (χ1n) is 6.20. The maximum absolute atomic E-state index is 10.6. The Balaban J connectivity index is 2.26. The Labute approximate surface area is 126 Å². The minimum atomic E-state index is -1.04. The van der Waals surface area contributed by atoms with Crippen LogP contribution in [0.3, 0.4) is 0 Å². The Morgan fingerprint density at radius 3 is 2.70 bits per heavy atom. The second kappa shape index (κ2) is 6.97. The number of carboxylic acid groups (broad SMARTS) is 1. The summed E-state index contributed by atoms with van der Waals surface area (Å²) in [6.07, 6.45) is 4.02. The van der Waals surface area contributed by atoms with Gasteiger partial charge in [-0.3, -0.25) is 0 Å². The van der Waals surface area contributed by atoms with Crippen LogP contribution < -0.4 is 4.74 Å². The molecule has 1 aliphatic rings. The van der Waals surface area contributed by atoms with Gasteiger partial charge in [0.05, 0.1) is 18.2 Å². The summed E-state index contributed by atoms with van der Waals surface area (Å²) in [5, 5.41) is 9.52. The fraction of sp³-hybridized carbons (Fsp3) is 0.357. The second-order valence-electron chi connectivity index (χ2n) is 4.41. The fourth-order valence-electron chi connectivity index (χ4n) is 1.95. The van der Waals surface area contributed by atoms with Gasteiger partial charge in [0, 0.05) is 29.5 Å². The van der Waals surface area contributed by atoms with E-state index in [-0.39, 0.29) is 6.10 Å². The van der Waals surface area contributed by atoms with Crippen molar-refractivity contribution in [2.45, 2.75) is 18.9 Å². The number of rotatable bonds is 4. The van der Waals surface area contributed by atoms with Crippen molar-refractivity contribution >= 4 is 35.2 Å². The van der Waals surface area contributed by atoms with E-state index in [4.69, 9.17) is 37.8 Å². The Hall–Kier alpha value is -1.23. The highest BCUT2D eigenvalue weighted by Gasteiger charge is 2.18. The lowest BCUT2D eigenvalue weighted by Gasteiger charge is -2.24. The zero-order valence-electron chi connectivity index (χ0n) is 10.6. The summed E-state index contributed by atoms with van der Waals surface area (Å²) in [7, 11) is 0. The number of carboxylic acids is 1. The molecule has 0 spiro atoms. The van der Waals surface area contributed by atoms with Crippen LogP contribution in [0, 0.1) is 0 Å². The topological polar surface area (TPSA) is 55.8 Å². The van der Waals surface area contributed by atoms with Gasteiger partial charge in [0.25, 0.3) is 0 Å². The van der Waals surface area contributed by atoms with E-state index in [1.165, 1.54) is 6.08 Å². The van der Waals surface area contributed by atoms with Crippen molar-refractivity contribution in [3.05, 3.63) is 33.8 Å². The van der Waals surface area contributed by atoms with E-state index in [0.29, 0.717) is 34.6 Å². The summed E-state index contributed by atoms with van der Waals surface area (Å²) in [6, 6.07) is 3.21. The van der Waals surface area contributed by atoms with E-state index in [1.807, 2.05) is 0 Å². The van der Waals surface area contributed by atoms with E-state index >= 15 is 0 Å². The molecule has 4 nitrogen and oxygen atoms in total. The van der Waals surface area contributed by atoms with Gasteiger partial charge in [0.2, 0.25) is 0 Å². The zero-order valence-corrected chi connectivity index (χ0v) is 12.2. The van der Waals surface area contributed by atoms with Gasteiger partial charge in [0.15, 0.2) is 0 Å². The molecule has 20 heavy (non-hydrogen) atoms. The molecule has 1 aromatic carbocycles. The molecule has 1 heterocycles. The molecule has 0 saturated carbocycles. The molecular weight excluding hydrogens is 303 g/mol. The van der Waals surface area contributed by atoms with Crippen molar-refractivity contribution in [3.8, 4) is 5.75 Å². The maximum Gasteiger partial charge on any atom is 0.328 e. The largest absolute Gasteiger partial charge is 0.488 e. The number of ether oxygens (including phenoxy) is 2. The van der Waals surface area contributed by atoms with E-state index in [0.717, 1.165) is 18.9 Å². The van der Waals surface area contributed by atoms with Crippen molar-refractivity contribution in [1.82, 2.24) is 0 Å². The summed E-state index contributed by atoms with van der Waals surface area (Å²) >= 11 is 12.1. The lowest BCUT2D eigenvalue weighted by Crippen LogP contribution is -2.26. The molecule has 0 atom stereocenters. The SMILES string of the molecule is O=C(O)C=Cc1cc(Cl)cc(Cl)c1OC1CCOCC1. The minimum Gasteiger partial charge on any atom is -0.488 e. The number of aliphatic carboxylic acids is 1. The van der Waals surface area contributed by atoms with Gasteiger partial charge in [0.1, 0.15) is 11.9 Å². The third kappa shape index (κ3) is 4.13. The highest BCUT2D eigenvalue weighted by molar-refractivity contribution is 6.35. The van der Waals surface area contributed by atoms with Crippen LogP contribution in [0.15, 0.2) is 18.2 Å². The molecule has 0 unspecified atom stereocenters. The standard InChI is InChI=1S/C14H14Cl2O4/c15-10-7-9(1-2-13(17)18)14(12(16)8-10)20-11-3-5-19-6-4-11/h1-2,7-8,11H,3-6H2,(H,17,18). The van der Waals surface area contributed by atoms with Crippen LogP contribution in [0.2, 0.25) is 10.0 Å². The van der Waals surface area contributed by atoms with Gasteiger partial charge in [-0.25, -0.2) is 4.79 Å². The van der Waals surface area contributed by atoms with Gasteiger partial charge in [-0.15, -0.1) is 0 Å². The van der Waals surface area contributed by atoms with E-state index in [2.05, 4.69) is 0 Å². The Morgan fingerprint density at radius 2 is 2.05 bits per heavy atom. The molecule has 108 valence electrons. The molecule has 0 aromatic heterocycles. The summed E-state index contributed by atoms with van der Waals surface area (Å²) in [4.78, 5) is 10.6. The van der Waals surface area contributed by atoms with Gasteiger partial charge in [-0.1, -0.05) is 23.2 Å². The summed E-state index contributed by atoms with van der Waals surface area (Å²) in [5.74, 6) is -0.585. The summed E-state index contributed by atoms with van der Waals surface area (Å²) in [6.45, 7) is 1.30. The number of hydrogen-bond acceptors (Lipinski definition) is 3. The Kier molecular flexibility index (Phi) is 5.29. The third-order valence-electron chi connectivity index (χ3n) is 2.90. The molecular formula is C14H14Cl2O4. The van der Waals surface area contributed by atoms with Crippen LogP contribution in [0.4, 0.5) is 0 Å². The van der Waals surface area contributed by atoms with Crippen molar-refractivity contribution in [2.24, 2.45) is 0 Å². The molecule has 1 saturated heterocycles. The summed E-state index contributed by atoms with van der Waals surface area (Å²) in [5.41, 5.74) is 0.552. The van der Waals surface area contributed by atoms with Crippen LogP contribution >= 0.6 is 23.2 Å². The fourth-order valence-corrected chi connectivity index (χ4v) is 2.50. The molecule has 6 heteroatoms. The number of halogens is 2. The van der Waals surface area contributed by atoms with Gasteiger partial charge < -0.3 is 14.6 Å². The lowest BCUT2D eigenvalue weighted by atomic mass is 10.1. The van der Waals surface area contributed by atoms with Crippen molar-refractivity contribution in [3.63, 3.8) is 0 Å². The highest BCUT2D eigenvalue weighted by Crippen LogP contribution is 2.35. The molecule has 0 bridgehead atoms. The van der Waals surface area contributed by atoms with Crippen LogP contribution in [-0.4, -0.2) is 30.4 Å². The zero-order chi connectivity index (χ0) is 14.5. The number of carbonyl (C=O) groups is 1. The van der Waals surface area contributed by atoms with E-state index in [1.54, 1.807) is 12.1 Å². The van der Waals surface area contributed by atoms with Gasteiger partial charge in [-0.2, -0.15) is 0 Å². The quantitative estimate of drug-likeness (QED) is 0.861. The Morgan fingerprint density at radius 1 is 1.35 bits per heavy atom. The molecule has 0 aliphatic carbocycles. The Bertz CT molecular complexity index is 522. The smallest absolute Gasteiger partial charge is 0.328 e. The van der Waals surface area contributed by atoms with Gasteiger partial charge >= 0.3 is 5.97 Å². The molecule has 1 aliphatic heterocycles. The van der Waals surface area contributed by atoms with Crippen molar-refractivity contribution in [2.75, 3.05) is 13.2 Å².